The van der Waals surface area contributed by atoms with Crippen LogP contribution in [-0.2, 0) is 0 Å². The summed E-state index contributed by atoms with van der Waals surface area (Å²) in [6.45, 7) is 7.90. The van der Waals surface area contributed by atoms with Gasteiger partial charge in [0.2, 0.25) is 0 Å². The second-order valence-electron chi connectivity index (χ2n) is 8.26. The lowest BCUT2D eigenvalue weighted by molar-refractivity contribution is 0.144. The molecule has 2 saturated heterocycles. The van der Waals surface area contributed by atoms with Crippen LogP contribution in [0.1, 0.15) is 58.1 Å². The van der Waals surface area contributed by atoms with Crippen LogP contribution >= 0.6 is 0 Å². The highest BCUT2D eigenvalue weighted by Gasteiger charge is 2.38. The summed E-state index contributed by atoms with van der Waals surface area (Å²) in [6, 6.07) is 13.4. The van der Waals surface area contributed by atoms with Crippen molar-refractivity contribution in [3.05, 3.63) is 35.9 Å². The molecule has 2 N–H and O–H groups in total. The minimum atomic E-state index is 0.0949. The molecule has 3 nitrogen and oxygen atoms in total. The lowest BCUT2D eigenvalue weighted by Crippen LogP contribution is -2.54. The van der Waals surface area contributed by atoms with E-state index in [0.29, 0.717) is 12.1 Å². The Morgan fingerprint density at radius 2 is 1.74 bits per heavy atom. The minimum Gasteiger partial charge on any atom is -0.312 e. The van der Waals surface area contributed by atoms with Gasteiger partial charge in [0.15, 0.2) is 0 Å². The monoisotopic (exact) mass is 315 g/mol. The fraction of sp³-hybridized carbons (Fsp3) is 0.700. The van der Waals surface area contributed by atoms with Crippen molar-refractivity contribution in [3.63, 3.8) is 0 Å². The topological polar surface area (TPSA) is 27.3 Å². The van der Waals surface area contributed by atoms with Crippen molar-refractivity contribution in [3.8, 4) is 0 Å². The van der Waals surface area contributed by atoms with Gasteiger partial charge in [0.05, 0.1) is 0 Å². The highest BCUT2D eigenvalue weighted by Crippen LogP contribution is 2.34. The SMILES string of the molecule is CC(NC(C)(C)CNC1CC2CCC(C1)N2C)c1ccccc1. The van der Waals surface area contributed by atoms with Gasteiger partial charge in [-0.25, -0.2) is 0 Å². The van der Waals surface area contributed by atoms with Crippen LogP contribution in [0.4, 0.5) is 0 Å². The van der Waals surface area contributed by atoms with E-state index in [1.165, 1.54) is 31.2 Å². The third-order valence-electron chi connectivity index (χ3n) is 5.84. The van der Waals surface area contributed by atoms with Crippen LogP contribution in [-0.4, -0.2) is 42.2 Å². The molecule has 3 unspecified atom stereocenters. The maximum absolute atomic E-state index is 3.85. The molecule has 2 aliphatic rings. The third-order valence-corrected chi connectivity index (χ3v) is 5.84. The highest BCUT2D eigenvalue weighted by atomic mass is 15.2. The summed E-state index contributed by atoms with van der Waals surface area (Å²) in [5.41, 5.74) is 1.45. The molecule has 0 radical (unpaired) electrons. The van der Waals surface area contributed by atoms with Gasteiger partial charge in [-0.1, -0.05) is 30.3 Å². The van der Waals surface area contributed by atoms with Crippen molar-refractivity contribution < 1.29 is 0 Å². The van der Waals surface area contributed by atoms with Gasteiger partial charge in [0.1, 0.15) is 0 Å². The van der Waals surface area contributed by atoms with Crippen molar-refractivity contribution in [2.45, 2.75) is 76.2 Å². The van der Waals surface area contributed by atoms with Crippen LogP contribution in [0.3, 0.4) is 0 Å². The second kappa shape index (κ2) is 6.92. The fourth-order valence-electron chi connectivity index (χ4n) is 4.44. The van der Waals surface area contributed by atoms with E-state index < -0.39 is 0 Å². The number of rotatable bonds is 6. The van der Waals surface area contributed by atoms with Gasteiger partial charge in [-0.15, -0.1) is 0 Å². The molecule has 2 aliphatic heterocycles. The van der Waals surface area contributed by atoms with E-state index in [9.17, 15) is 0 Å². The van der Waals surface area contributed by atoms with Crippen molar-refractivity contribution in [2.24, 2.45) is 0 Å². The molecule has 3 heteroatoms. The Balaban J connectivity index is 1.49. The van der Waals surface area contributed by atoms with Gasteiger partial charge in [-0.2, -0.15) is 0 Å². The Labute approximate surface area is 141 Å². The zero-order valence-electron chi connectivity index (χ0n) is 15.2. The molecular formula is C20H33N3. The number of benzene rings is 1. The summed E-state index contributed by atoms with van der Waals surface area (Å²) >= 11 is 0. The largest absolute Gasteiger partial charge is 0.312 e. The second-order valence-corrected chi connectivity index (χ2v) is 8.26. The molecule has 128 valence electrons. The average Bonchev–Trinajstić information content (AvgIpc) is 2.75. The summed E-state index contributed by atoms with van der Waals surface area (Å²) in [5.74, 6) is 0. The fourth-order valence-corrected chi connectivity index (χ4v) is 4.44. The van der Waals surface area contributed by atoms with Gasteiger partial charge in [-0.3, -0.25) is 0 Å². The predicted octanol–water partition coefficient (Wildman–Crippen LogP) is 3.33. The van der Waals surface area contributed by atoms with Crippen LogP contribution in [0.25, 0.3) is 0 Å². The smallest absolute Gasteiger partial charge is 0.0297 e. The van der Waals surface area contributed by atoms with Crippen molar-refractivity contribution >= 4 is 0 Å². The summed E-state index contributed by atoms with van der Waals surface area (Å²) in [6.07, 6.45) is 5.42. The maximum atomic E-state index is 3.85. The molecule has 1 aromatic rings. The number of fused-ring (bicyclic) bond motifs is 2. The van der Waals surface area contributed by atoms with Crippen molar-refractivity contribution in [1.29, 1.82) is 0 Å². The first-order chi connectivity index (χ1) is 10.9. The summed E-state index contributed by atoms with van der Waals surface area (Å²) in [7, 11) is 2.31. The molecule has 3 atom stereocenters. The average molecular weight is 316 g/mol. The number of nitrogens with one attached hydrogen (secondary N) is 2. The van der Waals surface area contributed by atoms with E-state index in [-0.39, 0.29) is 5.54 Å². The molecule has 0 saturated carbocycles. The Hall–Kier alpha value is -0.900. The number of piperidine rings is 1. The normalized spacial score (nSPS) is 29.7. The maximum Gasteiger partial charge on any atom is 0.0297 e. The molecule has 0 spiro atoms. The van der Waals surface area contributed by atoms with E-state index in [1.54, 1.807) is 0 Å². The van der Waals surface area contributed by atoms with Crippen LogP contribution in [0, 0.1) is 0 Å². The summed E-state index contributed by atoms with van der Waals surface area (Å²) in [4.78, 5) is 2.61. The first kappa shape index (κ1) is 16.9. The summed E-state index contributed by atoms with van der Waals surface area (Å²) < 4.78 is 0. The van der Waals surface area contributed by atoms with Crippen molar-refractivity contribution in [2.75, 3.05) is 13.6 Å². The first-order valence-corrected chi connectivity index (χ1v) is 9.22. The Morgan fingerprint density at radius 1 is 1.13 bits per heavy atom. The number of hydrogen-bond donors (Lipinski definition) is 2. The summed E-state index contributed by atoms with van der Waals surface area (Å²) in [5, 5.41) is 7.64. The lowest BCUT2D eigenvalue weighted by atomic mass is 9.96. The van der Waals surface area contributed by atoms with Crippen LogP contribution in [0.2, 0.25) is 0 Å². The Morgan fingerprint density at radius 3 is 2.35 bits per heavy atom. The molecule has 2 fully saturated rings. The molecule has 3 rings (SSSR count). The lowest BCUT2D eigenvalue weighted by Gasteiger charge is -2.39. The van der Waals surface area contributed by atoms with E-state index in [4.69, 9.17) is 0 Å². The zero-order valence-corrected chi connectivity index (χ0v) is 15.2. The van der Waals surface area contributed by atoms with E-state index in [1.807, 2.05) is 0 Å². The van der Waals surface area contributed by atoms with Crippen molar-refractivity contribution in [1.82, 2.24) is 15.5 Å². The number of nitrogens with zero attached hydrogens (tertiary/aromatic N) is 1. The van der Waals surface area contributed by atoms with Crippen LogP contribution in [0.15, 0.2) is 30.3 Å². The zero-order chi connectivity index (χ0) is 16.4. The molecule has 2 bridgehead atoms. The molecule has 0 aliphatic carbocycles. The molecule has 23 heavy (non-hydrogen) atoms. The van der Waals surface area contributed by atoms with Gasteiger partial charge in [0.25, 0.3) is 0 Å². The standard InChI is InChI=1S/C20H33N3/c1-15(16-8-6-5-7-9-16)22-20(2,3)14-21-17-12-18-10-11-19(13-17)23(18)4/h5-9,15,17-19,21-22H,10-14H2,1-4H3. The van der Waals surface area contributed by atoms with Gasteiger partial charge >= 0.3 is 0 Å². The van der Waals surface area contributed by atoms with Gasteiger partial charge in [0, 0.05) is 36.3 Å². The predicted molar refractivity (Wildman–Crippen MR) is 97.7 cm³/mol. The Kier molecular flexibility index (Phi) is 5.10. The molecule has 0 amide bonds. The minimum absolute atomic E-state index is 0.0949. The highest BCUT2D eigenvalue weighted by molar-refractivity contribution is 5.18. The molecule has 0 aromatic heterocycles. The van der Waals surface area contributed by atoms with Gasteiger partial charge < -0.3 is 15.5 Å². The third kappa shape index (κ3) is 4.14. The molecular weight excluding hydrogens is 282 g/mol. The quantitative estimate of drug-likeness (QED) is 0.843. The van der Waals surface area contributed by atoms with Crippen LogP contribution in [0.5, 0.6) is 0 Å². The van der Waals surface area contributed by atoms with Crippen LogP contribution < -0.4 is 10.6 Å². The van der Waals surface area contributed by atoms with Gasteiger partial charge in [-0.05, 0) is 59.1 Å². The Bertz CT molecular complexity index is 485. The van der Waals surface area contributed by atoms with E-state index in [0.717, 1.165) is 18.6 Å². The number of hydrogen-bond acceptors (Lipinski definition) is 3. The molecule has 1 aromatic carbocycles. The molecule has 2 heterocycles. The van der Waals surface area contributed by atoms with E-state index in [2.05, 4.69) is 73.7 Å². The van der Waals surface area contributed by atoms with E-state index >= 15 is 0 Å². The first-order valence-electron chi connectivity index (χ1n) is 9.22.